The summed E-state index contributed by atoms with van der Waals surface area (Å²) in [5, 5.41) is 2.18. The Hall–Kier alpha value is -0.410. The zero-order valence-corrected chi connectivity index (χ0v) is 8.38. The first kappa shape index (κ1) is 7.04. The van der Waals surface area contributed by atoms with Gasteiger partial charge in [0.15, 0.2) is 6.20 Å². The highest BCUT2D eigenvalue weighted by atomic mass is 32.2. The molecule has 0 aliphatic heterocycles. The minimum Gasteiger partial charge on any atom is -0.144 e. The van der Waals surface area contributed by atoms with Crippen LogP contribution >= 0.6 is 22.7 Å². The van der Waals surface area contributed by atoms with Crippen molar-refractivity contribution >= 4 is 26.8 Å². The Bertz CT molecular complexity index is 413. The van der Waals surface area contributed by atoms with E-state index in [1.807, 2.05) is 22.7 Å². The van der Waals surface area contributed by atoms with E-state index in [0.717, 1.165) is 0 Å². The molecule has 0 spiro atoms. The Balaban J connectivity index is 2.34. The molecule has 2 aromatic rings. The maximum atomic E-state index is 2.38. The summed E-state index contributed by atoms with van der Waals surface area (Å²) < 4.78 is 3.84. The van der Waals surface area contributed by atoms with Gasteiger partial charge in [0.05, 0.1) is 10.3 Å². The summed E-state index contributed by atoms with van der Waals surface area (Å²) in [6.45, 7) is 0. The van der Waals surface area contributed by atoms with E-state index in [1.54, 1.807) is 10.6 Å². The average molecular weight is 196 g/mol. The van der Waals surface area contributed by atoms with E-state index < -0.39 is 0 Å². The average Bonchev–Trinajstić information content (AvgIpc) is 2.62. The fraction of sp³-hybridized carbons (Fsp3) is 0.444. The molecule has 0 bridgehead atoms. The summed E-state index contributed by atoms with van der Waals surface area (Å²) in [5.74, 6) is 0. The van der Waals surface area contributed by atoms with Gasteiger partial charge < -0.3 is 0 Å². The minimum atomic E-state index is 1.29. The predicted molar refractivity (Wildman–Crippen MR) is 52.0 cm³/mol. The second-order valence-electron chi connectivity index (χ2n) is 3.22. The van der Waals surface area contributed by atoms with Crippen LogP contribution in [0.25, 0.3) is 4.14 Å². The number of rotatable bonds is 0. The van der Waals surface area contributed by atoms with Crippen molar-refractivity contribution in [2.75, 3.05) is 0 Å². The highest BCUT2D eigenvalue weighted by Crippen LogP contribution is 2.27. The monoisotopic (exact) mass is 196 g/mol. The molecule has 0 saturated heterocycles. The van der Waals surface area contributed by atoms with Crippen molar-refractivity contribution in [2.45, 2.75) is 25.7 Å². The van der Waals surface area contributed by atoms with Crippen molar-refractivity contribution in [3.05, 3.63) is 22.1 Å². The normalized spacial score (nSPS) is 16.7. The van der Waals surface area contributed by atoms with Crippen molar-refractivity contribution in [1.82, 2.24) is 0 Å². The number of nitrogens with zero attached hydrogens (tertiary/aromatic N) is 1. The number of aryl methyl sites for hydroxylation is 2. The quantitative estimate of drug-likeness (QED) is 0.570. The van der Waals surface area contributed by atoms with Crippen molar-refractivity contribution in [1.29, 1.82) is 0 Å². The van der Waals surface area contributed by atoms with Crippen LogP contribution in [0.4, 0.5) is 0 Å². The van der Waals surface area contributed by atoms with Crippen LogP contribution < -0.4 is 4.40 Å². The van der Waals surface area contributed by atoms with Gasteiger partial charge in [-0.05, 0) is 19.3 Å². The summed E-state index contributed by atoms with van der Waals surface area (Å²) in [6, 6.07) is 0. The highest BCUT2D eigenvalue weighted by Gasteiger charge is 2.23. The summed E-state index contributed by atoms with van der Waals surface area (Å²) in [6.07, 6.45) is 7.58. The Labute approximate surface area is 79.3 Å². The molecule has 3 heteroatoms. The fourth-order valence-electron chi connectivity index (χ4n) is 1.87. The zero-order chi connectivity index (χ0) is 7.97. The third-order valence-corrected chi connectivity index (χ3v) is 4.72. The van der Waals surface area contributed by atoms with Crippen LogP contribution in [-0.4, -0.2) is 0 Å². The molecule has 0 amide bonds. The first-order chi connectivity index (χ1) is 5.95. The second kappa shape index (κ2) is 2.54. The first-order valence-corrected chi connectivity index (χ1v) is 6.04. The van der Waals surface area contributed by atoms with Crippen LogP contribution in [0.5, 0.6) is 0 Å². The molecule has 2 aromatic heterocycles. The summed E-state index contributed by atoms with van der Waals surface area (Å²) >= 11 is 3.85. The van der Waals surface area contributed by atoms with Crippen molar-refractivity contribution in [2.24, 2.45) is 0 Å². The molecule has 0 aromatic carbocycles. The number of hydrogen-bond acceptors (Lipinski definition) is 2. The molecule has 2 heterocycles. The molecule has 62 valence electrons. The highest BCUT2D eigenvalue weighted by molar-refractivity contribution is 7.34. The third-order valence-electron chi connectivity index (χ3n) is 2.47. The largest absolute Gasteiger partial charge is 0.325 e. The van der Waals surface area contributed by atoms with Crippen LogP contribution in [0.2, 0.25) is 0 Å². The molecule has 3 rings (SSSR count). The van der Waals surface area contributed by atoms with E-state index in [-0.39, 0.29) is 0 Å². The lowest BCUT2D eigenvalue weighted by atomic mass is 10.0. The number of thiazole rings is 2. The topological polar surface area (TPSA) is 4.10 Å². The molecule has 0 saturated carbocycles. The molecule has 0 unspecified atom stereocenters. The van der Waals surface area contributed by atoms with Crippen LogP contribution in [0.1, 0.15) is 23.4 Å². The summed E-state index contributed by atoms with van der Waals surface area (Å²) in [4.78, 5) is 1.63. The van der Waals surface area contributed by atoms with E-state index in [2.05, 4.69) is 16.0 Å². The van der Waals surface area contributed by atoms with E-state index in [9.17, 15) is 0 Å². The maximum Gasteiger partial charge on any atom is 0.325 e. The van der Waals surface area contributed by atoms with Crippen LogP contribution in [0, 0.1) is 0 Å². The molecule has 0 N–H and O–H groups in total. The van der Waals surface area contributed by atoms with E-state index in [1.165, 1.54) is 29.8 Å². The van der Waals surface area contributed by atoms with Gasteiger partial charge in [0.1, 0.15) is 0 Å². The zero-order valence-electron chi connectivity index (χ0n) is 6.75. The fourth-order valence-corrected chi connectivity index (χ4v) is 4.16. The second-order valence-corrected chi connectivity index (χ2v) is 5.45. The number of aromatic nitrogens is 1. The van der Waals surface area contributed by atoms with E-state index in [4.69, 9.17) is 0 Å². The van der Waals surface area contributed by atoms with Gasteiger partial charge in [-0.15, -0.1) is 4.40 Å². The van der Waals surface area contributed by atoms with Gasteiger partial charge >= 0.3 is 4.14 Å². The van der Waals surface area contributed by atoms with Gasteiger partial charge in [-0.25, -0.2) is 0 Å². The van der Waals surface area contributed by atoms with Crippen molar-refractivity contribution in [3.8, 4) is 0 Å². The molecular formula is C9H10NS2+. The standard InChI is InChI=1S/C9H10NS2/c1-2-4-8-7(3-1)10-5-6-11-9(10)12-8/h5-6H,1-4H2/q+1. The summed E-state index contributed by atoms with van der Waals surface area (Å²) in [7, 11) is 0. The smallest absolute Gasteiger partial charge is 0.144 e. The van der Waals surface area contributed by atoms with Gasteiger partial charge in [0.2, 0.25) is 5.69 Å². The lowest BCUT2D eigenvalue weighted by molar-refractivity contribution is -0.513. The van der Waals surface area contributed by atoms with E-state index in [0.29, 0.717) is 0 Å². The molecule has 1 nitrogen and oxygen atoms in total. The van der Waals surface area contributed by atoms with Crippen molar-refractivity contribution < 1.29 is 4.40 Å². The first-order valence-electron chi connectivity index (χ1n) is 4.34. The Morgan fingerprint density at radius 2 is 2.17 bits per heavy atom. The minimum absolute atomic E-state index is 1.29. The maximum absolute atomic E-state index is 2.38. The van der Waals surface area contributed by atoms with Gasteiger partial charge in [0.25, 0.3) is 0 Å². The predicted octanol–water partition coefficient (Wildman–Crippen LogP) is 2.43. The molecule has 0 radical (unpaired) electrons. The molecule has 0 atom stereocenters. The van der Waals surface area contributed by atoms with Crippen LogP contribution in [-0.2, 0) is 12.8 Å². The molecule has 0 fully saturated rings. The van der Waals surface area contributed by atoms with Crippen molar-refractivity contribution in [3.63, 3.8) is 0 Å². The number of hydrogen-bond donors (Lipinski definition) is 0. The van der Waals surface area contributed by atoms with Gasteiger partial charge in [-0.1, -0.05) is 22.7 Å². The molecular weight excluding hydrogens is 186 g/mol. The van der Waals surface area contributed by atoms with E-state index >= 15 is 0 Å². The lowest BCUT2D eigenvalue weighted by Crippen LogP contribution is -2.23. The lowest BCUT2D eigenvalue weighted by Gasteiger charge is -2.03. The van der Waals surface area contributed by atoms with Gasteiger partial charge in [-0.3, -0.25) is 0 Å². The number of fused-ring (bicyclic) bond motifs is 3. The Kier molecular flexibility index (Phi) is 1.49. The third kappa shape index (κ3) is 0.866. The summed E-state index contributed by atoms with van der Waals surface area (Å²) in [5.41, 5.74) is 1.59. The van der Waals surface area contributed by atoms with Crippen LogP contribution in [0.15, 0.2) is 11.6 Å². The molecule has 1 aliphatic carbocycles. The van der Waals surface area contributed by atoms with Gasteiger partial charge in [0, 0.05) is 6.42 Å². The van der Waals surface area contributed by atoms with Crippen LogP contribution in [0.3, 0.4) is 0 Å². The Morgan fingerprint density at radius 1 is 1.25 bits per heavy atom. The van der Waals surface area contributed by atoms with Gasteiger partial charge in [-0.2, -0.15) is 0 Å². The molecule has 1 aliphatic rings. The SMILES string of the molecule is c1c[n+]2c3c(sc2s1)CCCC3. The molecule has 12 heavy (non-hydrogen) atoms. The Morgan fingerprint density at radius 3 is 3.17 bits per heavy atom.